The van der Waals surface area contributed by atoms with Crippen molar-refractivity contribution in [2.24, 2.45) is 0 Å². The average Bonchev–Trinajstić information content (AvgIpc) is 2.24. The van der Waals surface area contributed by atoms with Gasteiger partial charge in [0.05, 0.1) is 0 Å². The number of anilines is 1. The van der Waals surface area contributed by atoms with Gasteiger partial charge in [0.15, 0.2) is 0 Å². The fourth-order valence-corrected chi connectivity index (χ4v) is 2.63. The van der Waals surface area contributed by atoms with Gasteiger partial charge in [0.25, 0.3) is 0 Å². The summed E-state index contributed by atoms with van der Waals surface area (Å²) in [6, 6.07) is 9.70. The second-order valence-electron chi connectivity index (χ2n) is 4.71. The molecule has 1 aliphatic heterocycles. The van der Waals surface area contributed by atoms with Crippen LogP contribution in [0.25, 0.3) is 0 Å². The Morgan fingerprint density at radius 1 is 1.44 bits per heavy atom. The van der Waals surface area contributed by atoms with Gasteiger partial charge in [0, 0.05) is 28.8 Å². The Morgan fingerprint density at radius 2 is 2.25 bits per heavy atom. The third kappa shape index (κ3) is 2.98. The number of halogens is 1. The highest BCUT2D eigenvalue weighted by Gasteiger charge is 2.22. The summed E-state index contributed by atoms with van der Waals surface area (Å²) >= 11 is 3.50. The van der Waals surface area contributed by atoms with Gasteiger partial charge in [-0.05, 0) is 45.0 Å². The van der Waals surface area contributed by atoms with Gasteiger partial charge in [-0.2, -0.15) is 0 Å². The smallest absolute Gasteiger partial charge is 0.0353 e. The number of nitrogens with zero attached hydrogens (tertiary/aromatic N) is 1. The molecule has 0 spiro atoms. The largest absolute Gasteiger partial charge is 0.382 e. The Hall–Kier alpha value is -0.540. The van der Waals surface area contributed by atoms with E-state index in [0.717, 1.165) is 4.47 Å². The highest BCUT2D eigenvalue weighted by Crippen LogP contribution is 2.21. The molecule has 0 aliphatic carbocycles. The van der Waals surface area contributed by atoms with Crippen LogP contribution in [-0.4, -0.2) is 30.6 Å². The zero-order chi connectivity index (χ0) is 11.5. The molecule has 1 fully saturated rings. The van der Waals surface area contributed by atoms with Crippen LogP contribution in [0.2, 0.25) is 0 Å². The van der Waals surface area contributed by atoms with Crippen LogP contribution in [0.15, 0.2) is 28.7 Å². The number of hydrogen-bond donors (Lipinski definition) is 1. The molecule has 0 radical (unpaired) electrons. The maximum absolute atomic E-state index is 3.62. The van der Waals surface area contributed by atoms with E-state index in [1.165, 1.54) is 25.1 Å². The molecule has 1 saturated heterocycles. The monoisotopic (exact) mass is 282 g/mol. The van der Waals surface area contributed by atoms with E-state index in [9.17, 15) is 0 Å². The Balaban J connectivity index is 1.95. The van der Waals surface area contributed by atoms with Crippen molar-refractivity contribution in [1.29, 1.82) is 0 Å². The fraction of sp³-hybridized carbons (Fsp3) is 0.538. The van der Waals surface area contributed by atoms with Gasteiger partial charge >= 0.3 is 0 Å². The SMILES string of the molecule is CC1CC(Nc2cccc(Br)c2)CCN1C. The summed E-state index contributed by atoms with van der Waals surface area (Å²) in [5.41, 5.74) is 1.22. The van der Waals surface area contributed by atoms with Crippen molar-refractivity contribution in [3.8, 4) is 0 Å². The molecule has 88 valence electrons. The number of rotatable bonds is 2. The molecule has 1 aromatic rings. The molecule has 0 aromatic heterocycles. The summed E-state index contributed by atoms with van der Waals surface area (Å²) in [5.74, 6) is 0. The van der Waals surface area contributed by atoms with Crippen molar-refractivity contribution in [1.82, 2.24) is 4.90 Å². The van der Waals surface area contributed by atoms with Crippen molar-refractivity contribution in [2.75, 3.05) is 18.9 Å². The lowest BCUT2D eigenvalue weighted by atomic mass is 9.99. The summed E-state index contributed by atoms with van der Waals surface area (Å²) in [6.07, 6.45) is 2.45. The zero-order valence-corrected chi connectivity index (χ0v) is 11.5. The summed E-state index contributed by atoms with van der Waals surface area (Å²) in [6.45, 7) is 3.49. The topological polar surface area (TPSA) is 15.3 Å². The van der Waals surface area contributed by atoms with Crippen molar-refractivity contribution in [3.05, 3.63) is 28.7 Å². The molecule has 0 amide bonds. The lowest BCUT2D eigenvalue weighted by Gasteiger charge is -2.35. The predicted molar refractivity (Wildman–Crippen MR) is 72.9 cm³/mol. The van der Waals surface area contributed by atoms with E-state index in [2.05, 4.69) is 64.4 Å². The van der Waals surface area contributed by atoms with E-state index in [4.69, 9.17) is 0 Å². The van der Waals surface area contributed by atoms with E-state index < -0.39 is 0 Å². The number of benzene rings is 1. The van der Waals surface area contributed by atoms with Gasteiger partial charge in [-0.3, -0.25) is 0 Å². The standard InChI is InChI=1S/C13H19BrN2/c1-10-8-13(6-7-16(10)2)15-12-5-3-4-11(14)9-12/h3-5,9-10,13,15H,6-8H2,1-2H3. The van der Waals surface area contributed by atoms with Crippen molar-refractivity contribution in [2.45, 2.75) is 31.8 Å². The molecule has 1 aromatic carbocycles. The molecule has 3 heteroatoms. The highest BCUT2D eigenvalue weighted by atomic mass is 79.9. The first-order valence-corrected chi connectivity index (χ1v) is 6.67. The molecule has 16 heavy (non-hydrogen) atoms. The Bertz CT molecular complexity index is 354. The minimum Gasteiger partial charge on any atom is -0.382 e. The quantitative estimate of drug-likeness (QED) is 0.895. The first kappa shape index (κ1) is 11.9. The molecule has 1 N–H and O–H groups in total. The van der Waals surface area contributed by atoms with E-state index >= 15 is 0 Å². The van der Waals surface area contributed by atoms with Gasteiger partial charge < -0.3 is 10.2 Å². The van der Waals surface area contributed by atoms with E-state index in [0.29, 0.717) is 12.1 Å². The van der Waals surface area contributed by atoms with Crippen LogP contribution in [0.4, 0.5) is 5.69 Å². The molecule has 2 rings (SSSR count). The Labute approximate surface area is 106 Å². The molecule has 0 bridgehead atoms. The fourth-order valence-electron chi connectivity index (χ4n) is 2.23. The number of piperidine rings is 1. The molecular formula is C13H19BrN2. The Kier molecular flexibility index (Phi) is 3.87. The number of hydrogen-bond acceptors (Lipinski definition) is 2. The summed E-state index contributed by atoms with van der Waals surface area (Å²) in [5, 5.41) is 3.62. The third-order valence-corrected chi connectivity index (χ3v) is 3.90. The second-order valence-corrected chi connectivity index (χ2v) is 5.62. The molecule has 0 saturated carbocycles. The van der Waals surface area contributed by atoms with Gasteiger partial charge in [-0.25, -0.2) is 0 Å². The lowest BCUT2D eigenvalue weighted by Crippen LogP contribution is -2.42. The van der Waals surface area contributed by atoms with Gasteiger partial charge in [-0.15, -0.1) is 0 Å². The van der Waals surface area contributed by atoms with E-state index in [1.54, 1.807) is 0 Å². The summed E-state index contributed by atoms with van der Waals surface area (Å²) in [7, 11) is 2.21. The van der Waals surface area contributed by atoms with Gasteiger partial charge in [0.2, 0.25) is 0 Å². The third-order valence-electron chi connectivity index (χ3n) is 3.40. The predicted octanol–water partition coefficient (Wildman–Crippen LogP) is 3.34. The van der Waals surface area contributed by atoms with Crippen LogP contribution in [0, 0.1) is 0 Å². The summed E-state index contributed by atoms with van der Waals surface area (Å²) in [4.78, 5) is 2.43. The highest BCUT2D eigenvalue weighted by molar-refractivity contribution is 9.10. The minimum atomic E-state index is 0.612. The molecular weight excluding hydrogens is 264 g/mol. The normalized spacial score (nSPS) is 26.7. The zero-order valence-electron chi connectivity index (χ0n) is 9.91. The first-order valence-electron chi connectivity index (χ1n) is 5.87. The minimum absolute atomic E-state index is 0.612. The van der Waals surface area contributed by atoms with Gasteiger partial charge in [-0.1, -0.05) is 22.0 Å². The van der Waals surface area contributed by atoms with Crippen molar-refractivity contribution >= 4 is 21.6 Å². The summed E-state index contributed by atoms with van der Waals surface area (Å²) < 4.78 is 1.14. The molecule has 2 unspecified atom stereocenters. The molecule has 1 aliphatic rings. The van der Waals surface area contributed by atoms with Crippen LogP contribution in [-0.2, 0) is 0 Å². The van der Waals surface area contributed by atoms with Crippen molar-refractivity contribution < 1.29 is 0 Å². The van der Waals surface area contributed by atoms with Crippen molar-refractivity contribution in [3.63, 3.8) is 0 Å². The maximum Gasteiger partial charge on any atom is 0.0353 e. The Morgan fingerprint density at radius 3 is 2.94 bits per heavy atom. The van der Waals surface area contributed by atoms with E-state index in [1.807, 2.05) is 0 Å². The molecule has 1 heterocycles. The molecule has 2 nitrogen and oxygen atoms in total. The molecule has 2 atom stereocenters. The number of nitrogens with one attached hydrogen (secondary N) is 1. The van der Waals surface area contributed by atoms with Gasteiger partial charge in [0.1, 0.15) is 0 Å². The lowest BCUT2D eigenvalue weighted by molar-refractivity contribution is 0.190. The average molecular weight is 283 g/mol. The van der Waals surface area contributed by atoms with E-state index in [-0.39, 0.29) is 0 Å². The van der Waals surface area contributed by atoms with Crippen LogP contribution < -0.4 is 5.32 Å². The number of likely N-dealkylation sites (tertiary alicyclic amines) is 1. The van der Waals surface area contributed by atoms with Crippen LogP contribution >= 0.6 is 15.9 Å². The maximum atomic E-state index is 3.62. The van der Waals surface area contributed by atoms with Crippen LogP contribution in [0.5, 0.6) is 0 Å². The van der Waals surface area contributed by atoms with Crippen LogP contribution in [0.1, 0.15) is 19.8 Å². The second kappa shape index (κ2) is 5.19. The van der Waals surface area contributed by atoms with Crippen LogP contribution in [0.3, 0.4) is 0 Å². The first-order chi connectivity index (χ1) is 7.65.